The van der Waals surface area contributed by atoms with Crippen molar-refractivity contribution in [1.29, 1.82) is 0 Å². The first kappa shape index (κ1) is 14.6. The molecule has 6 heteroatoms. The number of hydrogen-bond acceptors (Lipinski definition) is 4. The van der Waals surface area contributed by atoms with Gasteiger partial charge in [0, 0.05) is 17.5 Å². The molecule has 0 bridgehead atoms. The van der Waals surface area contributed by atoms with Gasteiger partial charge in [0.15, 0.2) is 0 Å². The van der Waals surface area contributed by atoms with Crippen LogP contribution in [0.4, 0.5) is 0 Å². The Hall–Kier alpha value is -1.43. The van der Waals surface area contributed by atoms with Gasteiger partial charge in [-0.15, -0.1) is 11.3 Å². The van der Waals surface area contributed by atoms with Crippen LogP contribution >= 0.6 is 11.3 Å². The van der Waals surface area contributed by atoms with E-state index in [1.165, 1.54) is 11.3 Å². The van der Waals surface area contributed by atoms with Crippen molar-refractivity contribution < 1.29 is 14.7 Å². The Labute approximate surface area is 110 Å². The van der Waals surface area contributed by atoms with Crippen molar-refractivity contribution in [2.45, 2.75) is 39.7 Å². The van der Waals surface area contributed by atoms with Crippen LogP contribution in [-0.2, 0) is 4.79 Å². The molecule has 0 aliphatic heterocycles. The molecule has 0 aliphatic rings. The summed E-state index contributed by atoms with van der Waals surface area (Å²) < 4.78 is 0. The molecule has 18 heavy (non-hydrogen) atoms. The quantitative estimate of drug-likeness (QED) is 0.910. The van der Waals surface area contributed by atoms with Crippen LogP contribution in [0.15, 0.2) is 5.38 Å². The molecular weight excluding hydrogens is 252 g/mol. The second kappa shape index (κ2) is 5.48. The number of aliphatic carboxylic acids is 1. The number of amides is 1. The number of thiazole rings is 1. The van der Waals surface area contributed by atoms with Crippen molar-refractivity contribution in [2.24, 2.45) is 0 Å². The highest BCUT2D eigenvalue weighted by atomic mass is 32.1. The number of carboxylic acids is 1. The zero-order chi connectivity index (χ0) is 13.9. The van der Waals surface area contributed by atoms with Gasteiger partial charge >= 0.3 is 5.97 Å². The van der Waals surface area contributed by atoms with Gasteiger partial charge in [-0.3, -0.25) is 9.59 Å². The summed E-state index contributed by atoms with van der Waals surface area (Å²) in [6.07, 6.45) is -0.0634. The van der Waals surface area contributed by atoms with Gasteiger partial charge in [0.25, 0.3) is 5.91 Å². The first-order valence-corrected chi connectivity index (χ1v) is 6.55. The normalized spacial score (nSPS) is 11.3. The number of carbonyl (C=O) groups is 2. The van der Waals surface area contributed by atoms with Crippen LogP contribution in [0.25, 0.3) is 0 Å². The third-order valence-corrected chi connectivity index (χ3v) is 3.22. The summed E-state index contributed by atoms with van der Waals surface area (Å²) in [5, 5.41) is 11.3. The third kappa shape index (κ3) is 3.80. The van der Waals surface area contributed by atoms with Crippen LogP contribution in [0.3, 0.4) is 0 Å². The smallest absolute Gasteiger partial charge is 0.305 e. The average Bonchev–Trinajstić information content (AvgIpc) is 2.62. The number of nitrogens with zero attached hydrogens (tertiary/aromatic N) is 2. The van der Waals surface area contributed by atoms with Crippen LogP contribution in [0.5, 0.6) is 0 Å². The molecule has 1 N–H and O–H groups in total. The number of carbonyl (C=O) groups excluding carboxylic acids is 1. The zero-order valence-corrected chi connectivity index (χ0v) is 11.9. The van der Waals surface area contributed by atoms with Gasteiger partial charge in [-0.2, -0.15) is 0 Å². The van der Waals surface area contributed by atoms with Crippen molar-refractivity contribution in [3.8, 4) is 0 Å². The Bertz CT molecular complexity index is 448. The molecule has 0 atom stereocenters. The largest absolute Gasteiger partial charge is 0.481 e. The molecule has 0 aromatic carbocycles. The van der Waals surface area contributed by atoms with Crippen LogP contribution in [-0.4, -0.2) is 39.0 Å². The van der Waals surface area contributed by atoms with E-state index in [-0.39, 0.29) is 18.9 Å². The van der Waals surface area contributed by atoms with E-state index in [9.17, 15) is 9.59 Å². The predicted octanol–water partition coefficient (Wildman–Crippen LogP) is 2.17. The lowest BCUT2D eigenvalue weighted by molar-refractivity contribution is -0.137. The van der Waals surface area contributed by atoms with Gasteiger partial charge in [0.1, 0.15) is 5.69 Å². The molecule has 0 unspecified atom stereocenters. The highest BCUT2D eigenvalue weighted by Crippen LogP contribution is 2.19. The maximum absolute atomic E-state index is 12.3. The van der Waals surface area contributed by atoms with Gasteiger partial charge in [0.2, 0.25) is 0 Å². The molecule has 1 heterocycles. The molecule has 0 radical (unpaired) electrons. The molecule has 0 aliphatic carbocycles. The first-order valence-electron chi connectivity index (χ1n) is 5.67. The molecule has 100 valence electrons. The number of aromatic nitrogens is 1. The molecule has 1 aromatic rings. The van der Waals surface area contributed by atoms with Gasteiger partial charge in [-0.25, -0.2) is 4.98 Å². The number of carboxylic acid groups (broad SMARTS) is 1. The Morgan fingerprint density at radius 1 is 1.44 bits per heavy atom. The standard InChI is InChI=1S/C12H18N2O3S/c1-8-13-9(7-18-8)11(17)14(12(2,3)4)6-5-10(15)16/h7H,5-6H2,1-4H3,(H,15,16). The molecule has 0 saturated heterocycles. The Morgan fingerprint density at radius 2 is 2.06 bits per heavy atom. The fourth-order valence-corrected chi connectivity index (χ4v) is 2.14. The van der Waals surface area contributed by atoms with Gasteiger partial charge in [-0.1, -0.05) is 0 Å². The van der Waals surface area contributed by atoms with Crippen molar-refractivity contribution in [3.05, 3.63) is 16.1 Å². The van der Waals surface area contributed by atoms with E-state index >= 15 is 0 Å². The molecule has 1 rings (SSSR count). The van der Waals surface area contributed by atoms with Crippen molar-refractivity contribution in [1.82, 2.24) is 9.88 Å². The zero-order valence-electron chi connectivity index (χ0n) is 11.1. The minimum Gasteiger partial charge on any atom is -0.481 e. The lowest BCUT2D eigenvalue weighted by atomic mass is 10.0. The minimum atomic E-state index is -0.911. The summed E-state index contributed by atoms with van der Waals surface area (Å²) >= 11 is 1.41. The second-order valence-corrected chi connectivity index (χ2v) is 6.09. The van der Waals surface area contributed by atoms with E-state index in [0.29, 0.717) is 5.69 Å². The second-order valence-electron chi connectivity index (χ2n) is 5.02. The van der Waals surface area contributed by atoms with Gasteiger partial charge in [0.05, 0.1) is 11.4 Å². The van der Waals surface area contributed by atoms with E-state index in [1.807, 2.05) is 27.7 Å². The maximum atomic E-state index is 12.3. The average molecular weight is 270 g/mol. The summed E-state index contributed by atoms with van der Waals surface area (Å²) in [4.78, 5) is 28.6. The highest BCUT2D eigenvalue weighted by molar-refractivity contribution is 7.09. The molecule has 1 aromatic heterocycles. The SMILES string of the molecule is Cc1nc(C(=O)N(CCC(=O)O)C(C)(C)C)cs1. The number of hydrogen-bond donors (Lipinski definition) is 1. The Kier molecular flexibility index (Phi) is 4.45. The topological polar surface area (TPSA) is 70.5 Å². The van der Waals surface area contributed by atoms with Crippen LogP contribution < -0.4 is 0 Å². The highest BCUT2D eigenvalue weighted by Gasteiger charge is 2.28. The van der Waals surface area contributed by atoms with E-state index in [1.54, 1.807) is 10.3 Å². The van der Waals surface area contributed by atoms with Crippen molar-refractivity contribution >= 4 is 23.2 Å². The van der Waals surface area contributed by atoms with E-state index in [2.05, 4.69) is 4.98 Å². The summed E-state index contributed by atoms with van der Waals surface area (Å²) in [5.41, 5.74) is -0.0397. The molecule has 0 saturated carbocycles. The molecular formula is C12H18N2O3S. The van der Waals surface area contributed by atoms with E-state index in [4.69, 9.17) is 5.11 Å². The third-order valence-electron chi connectivity index (χ3n) is 2.44. The monoisotopic (exact) mass is 270 g/mol. The summed E-state index contributed by atoms with van der Waals surface area (Å²) in [6.45, 7) is 7.66. The minimum absolute atomic E-state index is 0.0634. The fourth-order valence-electron chi connectivity index (χ4n) is 1.55. The maximum Gasteiger partial charge on any atom is 0.305 e. The van der Waals surface area contributed by atoms with Crippen molar-refractivity contribution in [2.75, 3.05) is 6.54 Å². The van der Waals surface area contributed by atoms with Gasteiger partial charge in [-0.05, 0) is 27.7 Å². The van der Waals surface area contributed by atoms with Crippen LogP contribution in [0.1, 0.15) is 42.7 Å². The lowest BCUT2D eigenvalue weighted by Crippen LogP contribution is -2.46. The summed E-state index contributed by atoms with van der Waals surface area (Å²) in [7, 11) is 0. The fraction of sp³-hybridized carbons (Fsp3) is 0.583. The van der Waals surface area contributed by atoms with Crippen molar-refractivity contribution in [3.63, 3.8) is 0 Å². The molecule has 0 spiro atoms. The van der Waals surface area contributed by atoms with Crippen LogP contribution in [0.2, 0.25) is 0 Å². The Morgan fingerprint density at radius 3 is 2.44 bits per heavy atom. The number of rotatable bonds is 4. The van der Waals surface area contributed by atoms with Gasteiger partial charge < -0.3 is 10.0 Å². The lowest BCUT2D eigenvalue weighted by Gasteiger charge is -2.35. The predicted molar refractivity (Wildman–Crippen MR) is 69.9 cm³/mol. The molecule has 5 nitrogen and oxygen atoms in total. The Balaban J connectivity index is 2.89. The summed E-state index contributed by atoms with van der Waals surface area (Å²) in [6, 6.07) is 0. The van der Waals surface area contributed by atoms with E-state index in [0.717, 1.165) is 5.01 Å². The molecule has 0 fully saturated rings. The number of aryl methyl sites for hydroxylation is 1. The van der Waals surface area contributed by atoms with Crippen LogP contribution in [0, 0.1) is 6.92 Å². The first-order chi connectivity index (χ1) is 8.21. The summed E-state index contributed by atoms with van der Waals surface area (Å²) in [5.74, 6) is -1.13. The molecule has 1 amide bonds. The van der Waals surface area contributed by atoms with E-state index < -0.39 is 11.5 Å².